The SMILES string of the molecule is CC1(C)c2ccccc2-c2ccc(-c3c(Cl)cccc3-c3ccccc3)cc21. The Morgan fingerprint density at radius 2 is 1.25 bits per heavy atom. The topological polar surface area (TPSA) is 0 Å². The van der Waals surface area contributed by atoms with Crippen LogP contribution in [0.1, 0.15) is 25.0 Å². The lowest BCUT2D eigenvalue weighted by Gasteiger charge is -2.22. The predicted molar refractivity (Wildman–Crippen MR) is 120 cm³/mol. The van der Waals surface area contributed by atoms with Crippen LogP contribution in [0.4, 0.5) is 0 Å². The van der Waals surface area contributed by atoms with Crippen LogP contribution in [-0.2, 0) is 5.41 Å². The first-order chi connectivity index (χ1) is 13.6. The van der Waals surface area contributed by atoms with E-state index in [4.69, 9.17) is 11.6 Å². The fourth-order valence-electron chi connectivity index (χ4n) is 4.54. The van der Waals surface area contributed by atoms with Crippen LogP contribution in [-0.4, -0.2) is 0 Å². The van der Waals surface area contributed by atoms with Crippen molar-refractivity contribution in [1.29, 1.82) is 0 Å². The average molecular weight is 381 g/mol. The second-order valence-corrected chi connectivity index (χ2v) is 8.37. The van der Waals surface area contributed by atoms with E-state index in [1.54, 1.807) is 0 Å². The zero-order chi connectivity index (χ0) is 19.3. The molecule has 0 aromatic heterocycles. The fourth-order valence-corrected chi connectivity index (χ4v) is 4.82. The van der Waals surface area contributed by atoms with Crippen molar-refractivity contribution in [1.82, 2.24) is 0 Å². The maximum Gasteiger partial charge on any atom is 0.0490 e. The van der Waals surface area contributed by atoms with Crippen molar-refractivity contribution in [3.05, 3.63) is 107 Å². The number of benzene rings is 4. The van der Waals surface area contributed by atoms with Gasteiger partial charge in [-0.3, -0.25) is 0 Å². The first-order valence-corrected chi connectivity index (χ1v) is 10.0. The third-order valence-electron chi connectivity index (χ3n) is 5.97. The van der Waals surface area contributed by atoms with Crippen LogP contribution in [0.2, 0.25) is 5.02 Å². The second-order valence-electron chi connectivity index (χ2n) is 7.96. The van der Waals surface area contributed by atoms with Gasteiger partial charge in [-0.05, 0) is 51.1 Å². The lowest BCUT2D eigenvalue weighted by molar-refractivity contribution is 0.660. The van der Waals surface area contributed by atoms with Crippen molar-refractivity contribution < 1.29 is 0 Å². The lowest BCUT2D eigenvalue weighted by Crippen LogP contribution is -2.14. The molecule has 0 unspecified atom stereocenters. The van der Waals surface area contributed by atoms with E-state index < -0.39 is 0 Å². The molecule has 5 rings (SSSR count). The Hall–Kier alpha value is -2.83. The van der Waals surface area contributed by atoms with E-state index in [0.717, 1.165) is 10.6 Å². The maximum atomic E-state index is 6.72. The van der Waals surface area contributed by atoms with Crippen molar-refractivity contribution in [3.8, 4) is 33.4 Å². The smallest absolute Gasteiger partial charge is 0.0490 e. The van der Waals surface area contributed by atoms with Crippen LogP contribution < -0.4 is 0 Å². The Bertz CT molecular complexity index is 1190. The molecule has 136 valence electrons. The molecule has 0 atom stereocenters. The molecule has 0 radical (unpaired) electrons. The molecular formula is C27H21Cl. The second kappa shape index (κ2) is 6.36. The maximum absolute atomic E-state index is 6.72. The van der Waals surface area contributed by atoms with Gasteiger partial charge in [0.25, 0.3) is 0 Å². The molecule has 4 aromatic rings. The number of hydrogen-bond acceptors (Lipinski definition) is 0. The standard InChI is InChI=1S/C27H21Cl/c1-27(2)23-13-7-6-11-21(23)22-16-15-19(17-24(22)27)26-20(12-8-14-25(26)28)18-9-4-3-5-10-18/h3-17H,1-2H3. The van der Waals surface area contributed by atoms with Crippen LogP contribution in [0.5, 0.6) is 0 Å². The minimum absolute atomic E-state index is 0.0178. The molecule has 0 N–H and O–H groups in total. The van der Waals surface area contributed by atoms with Crippen LogP contribution in [0.3, 0.4) is 0 Å². The van der Waals surface area contributed by atoms with Gasteiger partial charge in [0, 0.05) is 16.0 Å². The molecule has 4 aromatic carbocycles. The normalized spacial score (nSPS) is 13.8. The summed E-state index contributed by atoms with van der Waals surface area (Å²) in [6.45, 7) is 4.62. The molecule has 0 nitrogen and oxygen atoms in total. The zero-order valence-electron chi connectivity index (χ0n) is 16.0. The quantitative estimate of drug-likeness (QED) is 0.330. The lowest BCUT2D eigenvalue weighted by atomic mass is 9.81. The average Bonchev–Trinajstić information content (AvgIpc) is 2.96. The summed E-state index contributed by atoms with van der Waals surface area (Å²) in [4.78, 5) is 0. The summed E-state index contributed by atoms with van der Waals surface area (Å²) < 4.78 is 0. The van der Waals surface area contributed by atoms with Crippen LogP contribution >= 0.6 is 11.6 Å². The number of halogens is 1. The van der Waals surface area contributed by atoms with Gasteiger partial charge in [-0.2, -0.15) is 0 Å². The first kappa shape index (κ1) is 17.3. The number of hydrogen-bond donors (Lipinski definition) is 0. The van der Waals surface area contributed by atoms with Gasteiger partial charge in [-0.1, -0.05) is 104 Å². The fraction of sp³-hybridized carbons (Fsp3) is 0.111. The van der Waals surface area contributed by atoms with Crippen molar-refractivity contribution >= 4 is 11.6 Å². The van der Waals surface area contributed by atoms with Crippen LogP contribution in [0.15, 0.2) is 91.0 Å². The van der Waals surface area contributed by atoms with Gasteiger partial charge in [0.15, 0.2) is 0 Å². The van der Waals surface area contributed by atoms with Gasteiger partial charge in [0.1, 0.15) is 0 Å². The highest BCUT2D eigenvalue weighted by Crippen LogP contribution is 2.50. The van der Waals surface area contributed by atoms with E-state index >= 15 is 0 Å². The molecule has 1 heteroatoms. The summed E-state index contributed by atoms with van der Waals surface area (Å²) in [6, 6.07) is 32.2. The van der Waals surface area contributed by atoms with E-state index in [1.807, 2.05) is 18.2 Å². The molecule has 28 heavy (non-hydrogen) atoms. The summed E-state index contributed by atoms with van der Waals surface area (Å²) in [6.07, 6.45) is 0. The van der Waals surface area contributed by atoms with Gasteiger partial charge in [0.05, 0.1) is 0 Å². The van der Waals surface area contributed by atoms with E-state index in [2.05, 4.69) is 86.6 Å². The van der Waals surface area contributed by atoms with Crippen molar-refractivity contribution in [3.63, 3.8) is 0 Å². The monoisotopic (exact) mass is 380 g/mol. The summed E-state index contributed by atoms with van der Waals surface area (Å²) in [5, 5.41) is 0.787. The number of rotatable bonds is 2. The molecule has 0 heterocycles. The Balaban J connectivity index is 1.74. The zero-order valence-corrected chi connectivity index (χ0v) is 16.8. The van der Waals surface area contributed by atoms with E-state index in [1.165, 1.54) is 38.9 Å². The third-order valence-corrected chi connectivity index (χ3v) is 6.29. The van der Waals surface area contributed by atoms with Crippen molar-refractivity contribution in [2.75, 3.05) is 0 Å². The molecule has 0 aliphatic heterocycles. The van der Waals surface area contributed by atoms with Gasteiger partial charge in [-0.15, -0.1) is 0 Å². The van der Waals surface area contributed by atoms with E-state index in [9.17, 15) is 0 Å². The summed E-state index contributed by atoms with van der Waals surface area (Å²) >= 11 is 6.72. The summed E-state index contributed by atoms with van der Waals surface area (Å²) in [5.41, 5.74) is 10.0. The molecule has 0 bridgehead atoms. The van der Waals surface area contributed by atoms with E-state index in [0.29, 0.717) is 0 Å². The van der Waals surface area contributed by atoms with Crippen molar-refractivity contribution in [2.45, 2.75) is 19.3 Å². The molecule has 1 aliphatic rings. The Labute approximate surface area is 171 Å². The molecule has 0 fully saturated rings. The highest BCUT2D eigenvalue weighted by Gasteiger charge is 2.35. The van der Waals surface area contributed by atoms with Gasteiger partial charge >= 0.3 is 0 Å². The summed E-state index contributed by atoms with van der Waals surface area (Å²) in [7, 11) is 0. The van der Waals surface area contributed by atoms with Crippen molar-refractivity contribution in [2.24, 2.45) is 0 Å². The third kappa shape index (κ3) is 2.52. The predicted octanol–water partition coefficient (Wildman–Crippen LogP) is 7.98. The van der Waals surface area contributed by atoms with Gasteiger partial charge in [0.2, 0.25) is 0 Å². The highest BCUT2D eigenvalue weighted by atomic mass is 35.5. The van der Waals surface area contributed by atoms with Crippen LogP contribution in [0.25, 0.3) is 33.4 Å². The van der Waals surface area contributed by atoms with Gasteiger partial charge in [-0.25, -0.2) is 0 Å². The molecule has 0 spiro atoms. The molecule has 0 amide bonds. The highest BCUT2D eigenvalue weighted by molar-refractivity contribution is 6.34. The molecular weight excluding hydrogens is 360 g/mol. The Kier molecular flexibility index (Phi) is 3.92. The minimum atomic E-state index is -0.0178. The molecule has 0 saturated heterocycles. The minimum Gasteiger partial charge on any atom is -0.0836 e. The number of fused-ring (bicyclic) bond motifs is 3. The Morgan fingerprint density at radius 1 is 0.571 bits per heavy atom. The van der Waals surface area contributed by atoms with E-state index in [-0.39, 0.29) is 5.41 Å². The Morgan fingerprint density at radius 3 is 2.07 bits per heavy atom. The molecule has 1 aliphatic carbocycles. The first-order valence-electron chi connectivity index (χ1n) is 9.66. The summed E-state index contributed by atoms with van der Waals surface area (Å²) in [5.74, 6) is 0. The largest absolute Gasteiger partial charge is 0.0836 e. The molecule has 0 saturated carbocycles. The van der Waals surface area contributed by atoms with Crippen LogP contribution in [0, 0.1) is 0 Å². The van der Waals surface area contributed by atoms with Gasteiger partial charge < -0.3 is 0 Å².